The Bertz CT molecular complexity index is 368. The molecule has 0 unspecified atom stereocenters. The predicted octanol–water partition coefficient (Wildman–Crippen LogP) is 1.25. The van der Waals surface area contributed by atoms with Gasteiger partial charge in [0.15, 0.2) is 0 Å². The third kappa shape index (κ3) is 4.58. The molecular weight excluding hydrogens is 290 g/mol. The van der Waals surface area contributed by atoms with E-state index < -0.39 is 0 Å². The summed E-state index contributed by atoms with van der Waals surface area (Å²) in [6.07, 6.45) is 3.86. The maximum absolute atomic E-state index is 12.3. The lowest BCUT2D eigenvalue weighted by molar-refractivity contribution is -0.141. The molecule has 2 N–H and O–H groups in total. The van der Waals surface area contributed by atoms with E-state index in [-0.39, 0.29) is 36.2 Å². The highest BCUT2D eigenvalue weighted by Gasteiger charge is 2.30. The highest BCUT2D eigenvalue weighted by atomic mass is 35.5. The molecule has 2 rings (SSSR count). The van der Waals surface area contributed by atoms with Crippen LogP contribution in [0.2, 0.25) is 0 Å². The molecule has 2 atom stereocenters. The van der Waals surface area contributed by atoms with Crippen LogP contribution in [-0.2, 0) is 9.59 Å². The molecule has 0 aromatic carbocycles. The standard InChI is InChI=1S/C15H27N3O2.ClH/c1-11(2)15(20)18-8-6-17(7-9-18)14(19)10-12-4-3-5-13(12)16;/h11-13H,3-10,16H2,1-2H3;1H/t12-,13+;/m0./s1. The fourth-order valence-corrected chi connectivity index (χ4v) is 3.21. The van der Waals surface area contributed by atoms with Crippen LogP contribution in [0.5, 0.6) is 0 Å². The molecular formula is C15H28ClN3O2. The molecule has 0 aromatic rings. The Morgan fingerprint density at radius 1 is 1.10 bits per heavy atom. The molecule has 1 aliphatic heterocycles. The van der Waals surface area contributed by atoms with Crippen molar-refractivity contribution in [3.63, 3.8) is 0 Å². The van der Waals surface area contributed by atoms with Gasteiger partial charge in [0.2, 0.25) is 11.8 Å². The number of carbonyl (C=O) groups is 2. The van der Waals surface area contributed by atoms with Gasteiger partial charge in [-0.15, -0.1) is 12.4 Å². The number of hydrogen-bond donors (Lipinski definition) is 1. The number of carbonyl (C=O) groups excluding carboxylic acids is 2. The quantitative estimate of drug-likeness (QED) is 0.852. The fraction of sp³-hybridized carbons (Fsp3) is 0.867. The largest absolute Gasteiger partial charge is 0.339 e. The van der Waals surface area contributed by atoms with Crippen molar-refractivity contribution in [1.82, 2.24) is 9.80 Å². The van der Waals surface area contributed by atoms with Gasteiger partial charge in [-0.05, 0) is 18.8 Å². The van der Waals surface area contributed by atoms with E-state index in [9.17, 15) is 9.59 Å². The van der Waals surface area contributed by atoms with Crippen molar-refractivity contribution in [2.75, 3.05) is 26.2 Å². The Hall–Kier alpha value is -0.810. The SMILES string of the molecule is CC(C)C(=O)N1CCN(C(=O)C[C@@H]2CCC[C@H]2N)CC1.Cl. The van der Waals surface area contributed by atoms with Crippen LogP contribution in [0.4, 0.5) is 0 Å². The van der Waals surface area contributed by atoms with E-state index in [2.05, 4.69) is 0 Å². The van der Waals surface area contributed by atoms with Crippen LogP contribution < -0.4 is 5.73 Å². The van der Waals surface area contributed by atoms with Crippen molar-refractivity contribution >= 4 is 24.2 Å². The molecule has 0 bridgehead atoms. The molecule has 2 aliphatic rings. The summed E-state index contributed by atoms with van der Waals surface area (Å²) < 4.78 is 0. The van der Waals surface area contributed by atoms with Gasteiger partial charge in [-0.25, -0.2) is 0 Å². The number of rotatable bonds is 3. The van der Waals surface area contributed by atoms with Gasteiger partial charge in [-0.1, -0.05) is 20.3 Å². The molecule has 2 fully saturated rings. The zero-order chi connectivity index (χ0) is 14.7. The zero-order valence-electron chi connectivity index (χ0n) is 13.1. The first-order valence-corrected chi connectivity index (χ1v) is 7.81. The first kappa shape index (κ1) is 18.2. The van der Waals surface area contributed by atoms with E-state index in [1.54, 1.807) is 0 Å². The van der Waals surface area contributed by atoms with Crippen molar-refractivity contribution in [2.45, 2.75) is 45.6 Å². The number of halogens is 1. The first-order valence-electron chi connectivity index (χ1n) is 7.81. The minimum absolute atomic E-state index is 0. The summed E-state index contributed by atoms with van der Waals surface area (Å²) in [5.74, 6) is 0.797. The normalized spacial score (nSPS) is 25.9. The second-order valence-corrected chi connectivity index (χ2v) is 6.42. The van der Waals surface area contributed by atoms with Crippen LogP contribution in [0, 0.1) is 11.8 Å². The summed E-state index contributed by atoms with van der Waals surface area (Å²) in [5, 5.41) is 0. The minimum atomic E-state index is 0. The highest BCUT2D eigenvalue weighted by molar-refractivity contribution is 5.85. The number of hydrogen-bond acceptors (Lipinski definition) is 3. The van der Waals surface area contributed by atoms with Gasteiger partial charge >= 0.3 is 0 Å². The van der Waals surface area contributed by atoms with E-state index in [1.807, 2.05) is 23.6 Å². The summed E-state index contributed by atoms with van der Waals surface area (Å²) in [7, 11) is 0. The average Bonchev–Trinajstić information content (AvgIpc) is 2.83. The van der Waals surface area contributed by atoms with Gasteiger partial charge in [0.05, 0.1) is 0 Å². The highest BCUT2D eigenvalue weighted by Crippen LogP contribution is 2.27. The Morgan fingerprint density at radius 2 is 1.67 bits per heavy atom. The smallest absolute Gasteiger partial charge is 0.225 e. The van der Waals surface area contributed by atoms with Gasteiger partial charge < -0.3 is 15.5 Å². The summed E-state index contributed by atoms with van der Waals surface area (Å²) in [4.78, 5) is 27.9. The van der Waals surface area contributed by atoms with Gasteiger partial charge in [0, 0.05) is 44.6 Å². The summed E-state index contributed by atoms with van der Waals surface area (Å²) >= 11 is 0. The van der Waals surface area contributed by atoms with E-state index in [0.717, 1.165) is 19.3 Å². The van der Waals surface area contributed by atoms with Crippen LogP contribution in [0.3, 0.4) is 0 Å². The topological polar surface area (TPSA) is 66.6 Å². The molecule has 21 heavy (non-hydrogen) atoms. The predicted molar refractivity (Wildman–Crippen MR) is 85.2 cm³/mol. The first-order chi connectivity index (χ1) is 9.49. The van der Waals surface area contributed by atoms with E-state index in [0.29, 0.717) is 38.5 Å². The fourth-order valence-electron chi connectivity index (χ4n) is 3.21. The summed E-state index contributed by atoms with van der Waals surface area (Å²) in [5.41, 5.74) is 6.03. The Morgan fingerprint density at radius 3 is 2.14 bits per heavy atom. The van der Waals surface area contributed by atoms with E-state index >= 15 is 0 Å². The molecule has 0 spiro atoms. The van der Waals surface area contributed by atoms with E-state index in [1.165, 1.54) is 0 Å². The Labute approximate surface area is 133 Å². The molecule has 2 amide bonds. The maximum Gasteiger partial charge on any atom is 0.225 e. The van der Waals surface area contributed by atoms with Crippen LogP contribution in [0.15, 0.2) is 0 Å². The number of amides is 2. The molecule has 0 radical (unpaired) electrons. The van der Waals surface area contributed by atoms with Crippen LogP contribution in [0.1, 0.15) is 39.5 Å². The van der Waals surface area contributed by atoms with E-state index in [4.69, 9.17) is 5.73 Å². The third-order valence-corrected chi connectivity index (χ3v) is 4.59. The van der Waals surface area contributed by atoms with Crippen molar-refractivity contribution in [2.24, 2.45) is 17.6 Å². The Balaban J connectivity index is 0.00000220. The molecule has 0 aromatic heterocycles. The van der Waals surface area contributed by atoms with Crippen LogP contribution in [0.25, 0.3) is 0 Å². The molecule has 5 nitrogen and oxygen atoms in total. The van der Waals surface area contributed by atoms with Crippen molar-refractivity contribution < 1.29 is 9.59 Å². The van der Waals surface area contributed by atoms with Gasteiger partial charge in [0.25, 0.3) is 0 Å². The molecule has 1 saturated carbocycles. The molecule has 6 heteroatoms. The van der Waals surface area contributed by atoms with Crippen molar-refractivity contribution in [3.8, 4) is 0 Å². The van der Waals surface area contributed by atoms with Crippen LogP contribution >= 0.6 is 12.4 Å². The minimum Gasteiger partial charge on any atom is -0.339 e. The van der Waals surface area contributed by atoms with Gasteiger partial charge in [-0.2, -0.15) is 0 Å². The molecule has 1 saturated heterocycles. The lowest BCUT2D eigenvalue weighted by atomic mass is 9.99. The van der Waals surface area contributed by atoms with Gasteiger partial charge in [0.1, 0.15) is 0 Å². The average molecular weight is 318 g/mol. The molecule has 122 valence electrons. The van der Waals surface area contributed by atoms with Crippen LogP contribution in [-0.4, -0.2) is 53.8 Å². The van der Waals surface area contributed by atoms with Crippen molar-refractivity contribution in [1.29, 1.82) is 0 Å². The second kappa shape index (κ2) is 7.99. The number of nitrogens with two attached hydrogens (primary N) is 1. The number of piperazine rings is 1. The maximum atomic E-state index is 12.3. The third-order valence-electron chi connectivity index (χ3n) is 4.59. The lowest BCUT2D eigenvalue weighted by Gasteiger charge is -2.36. The summed E-state index contributed by atoms with van der Waals surface area (Å²) in [6.45, 7) is 6.50. The number of nitrogens with zero attached hydrogens (tertiary/aromatic N) is 2. The lowest BCUT2D eigenvalue weighted by Crippen LogP contribution is -2.52. The van der Waals surface area contributed by atoms with Crippen molar-refractivity contribution in [3.05, 3.63) is 0 Å². The molecule has 1 aliphatic carbocycles. The second-order valence-electron chi connectivity index (χ2n) is 6.42. The monoisotopic (exact) mass is 317 g/mol. The zero-order valence-corrected chi connectivity index (χ0v) is 13.9. The van der Waals surface area contributed by atoms with Gasteiger partial charge in [-0.3, -0.25) is 9.59 Å². The molecule has 1 heterocycles. The summed E-state index contributed by atoms with van der Waals surface area (Å²) in [6, 6.07) is 0.197. The Kier molecular flexibility index (Phi) is 6.94.